The number of carbonyl (C=O) groups is 2. The molecule has 0 atom stereocenters. The highest BCUT2D eigenvalue weighted by atomic mass is 16.3. The summed E-state index contributed by atoms with van der Waals surface area (Å²) in [5.74, 6) is -0.467. The van der Waals surface area contributed by atoms with E-state index in [-0.39, 0.29) is 18.2 Å². The molecule has 2 aromatic carbocycles. The Morgan fingerprint density at radius 1 is 1.15 bits per heavy atom. The fourth-order valence-electron chi connectivity index (χ4n) is 2.94. The lowest BCUT2D eigenvalue weighted by Crippen LogP contribution is -2.25. The first-order valence-corrected chi connectivity index (χ1v) is 8.75. The summed E-state index contributed by atoms with van der Waals surface area (Å²) in [7, 11) is 0. The second kappa shape index (κ2) is 7.91. The van der Waals surface area contributed by atoms with E-state index in [1.807, 2.05) is 26.0 Å². The van der Waals surface area contributed by atoms with Crippen molar-refractivity contribution in [3.05, 3.63) is 77.6 Å². The third-order valence-electron chi connectivity index (χ3n) is 4.55. The number of rotatable bonds is 6. The van der Waals surface area contributed by atoms with Gasteiger partial charge in [0.1, 0.15) is 5.58 Å². The maximum atomic E-state index is 12.6. The fourth-order valence-corrected chi connectivity index (χ4v) is 2.94. The summed E-state index contributed by atoms with van der Waals surface area (Å²) in [5, 5.41) is 6.49. The minimum atomic E-state index is -0.259. The highest BCUT2D eigenvalue weighted by Gasteiger charge is 2.15. The molecule has 138 valence electrons. The Morgan fingerprint density at radius 2 is 1.93 bits per heavy atom. The Kier molecular flexibility index (Phi) is 5.41. The molecular formula is C22H22N2O3. The number of furan rings is 1. The van der Waals surface area contributed by atoms with Crippen LogP contribution >= 0.6 is 0 Å². The van der Waals surface area contributed by atoms with Gasteiger partial charge in [-0.2, -0.15) is 0 Å². The average Bonchev–Trinajstić information content (AvgIpc) is 3.06. The molecule has 3 rings (SSSR count). The molecule has 0 unspecified atom stereocenters. The number of amides is 2. The number of fused-ring (bicyclic) bond motifs is 1. The number of nitrogens with one attached hydrogen (secondary N) is 2. The number of carbonyl (C=O) groups excluding carboxylic acids is 2. The van der Waals surface area contributed by atoms with Gasteiger partial charge in [-0.05, 0) is 37.1 Å². The Bertz CT molecular complexity index is 1020. The summed E-state index contributed by atoms with van der Waals surface area (Å²) in [4.78, 5) is 24.8. The second-order valence-electron chi connectivity index (χ2n) is 6.41. The predicted octanol–water partition coefficient (Wildman–Crippen LogP) is 4.15. The number of benzene rings is 2. The summed E-state index contributed by atoms with van der Waals surface area (Å²) >= 11 is 0. The fraction of sp³-hybridized carbons (Fsp3) is 0.182. The van der Waals surface area contributed by atoms with Gasteiger partial charge in [-0.25, -0.2) is 0 Å². The minimum absolute atomic E-state index is 0.165. The van der Waals surface area contributed by atoms with Crippen molar-refractivity contribution in [2.75, 3.05) is 11.9 Å². The number of hydrogen-bond acceptors (Lipinski definition) is 3. The van der Waals surface area contributed by atoms with Crippen molar-refractivity contribution in [2.45, 2.75) is 20.3 Å². The zero-order valence-corrected chi connectivity index (χ0v) is 15.5. The van der Waals surface area contributed by atoms with E-state index in [0.717, 1.165) is 27.7 Å². The van der Waals surface area contributed by atoms with E-state index in [2.05, 4.69) is 17.2 Å². The quantitative estimate of drug-likeness (QED) is 0.647. The molecule has 27 heavy (non-hydrogen) atoms. The van der Waals surface area contributed by atoms with Crippen LogP contribution in [0.1, 0.15) is 27.0 Å². The van der Waals surface area contributed by atoms with Crippen LogP contribution < -0.4 is 10.6 Å². The van der Waals surface area contributed by atoms with Crippen molar-refractivity contribution in [1.29, 1.82) is 0 Å². The lowest BCUT2D eigenvalue weighted by atomic mass is 10.0. The Morgan fingerprint density at radius 3 is 2.70 bits per heavy atom. The third-order valence-corrected chi connectivity index (χ3v) is 4.55. The molecule has 0 aliphatic rings. The molecule has 0 fully saturated rings. The van der Waals surface area contributed by atoms with Crippen molar-refractivity contribution in [2.24, 2.45) is 0 Å². The van der Waals surface area contributed by atoms with Gasteiger partial charge in [0, 0.05) is 17.5 Å². The first-order chi connectivity index (χ1) is 13.0. The van der Waals surface area contributed by atoms with Gasteiger partial charge in [0.15, 0.2) is 0 Å². The van der Waals surface area contributed by atoms with Crippen molar-refractivity contribution in [3.63, 3.8) is 0 Å². The number of anilines is 1. The molecule has 0 radical (unpaired) electrons. The molecule has 1 aromatic heterocycles. The first-order valence-electron chi connectivity index (χ1n) is 8.75. The smallest absolute Gasteiger partial charge is 0.253 e. The number of hydrogen-bond donors (Lipinski definition) is 2. The third kappa shape index (κ3) is 3.92. The molecule has 0 aliphatic heterocycles. The van der Waals surface area contributed by atoms with Crippen LogP contribution in [0.15, 0.2) is 59.7 Å². The van der Waals surface area contributed by atoms with Gasteiger partial charge in [-0.3, -0.25) is 9.59 Å². The Hall–Kier alpha value is -3.34. The first kappa shape index (κ1) is 18.5. The predicted molar refractivity (Wildman–Crippen MR) is 107 cm³/mol. The van der Waals surface area contributed by atoms with Gasteiger partial charge in [0.25, 0.3) is 5.91 Å². The Balaban J connectivity index is 1.78. The van der Waals surface area contributed by atoms with Crippen molar-refractivity contribution >= 4 is 28.5 Å². The van der Waals surface area contributed by atoms with Crippen LogP contribution in [0.3, 0.4) is 0 Å². The molecule has 0 aliphatic carbocycles. The monoisotopic (exact) mass is 362 g/mol. The van der Waals surface area contributed by atoms with Crippen LogP contribution in [0.2, 0.25) is 0 Å². The maximum Gasteiger partial charge on any atom is 0.253 e. The van der Waals surface area contributed by atoms with Gasteiger partial charge >= 0.3 is 0 Å². The average molecular weight is 362 g/mol. The van der Waals surface area contributed by atoms with Crippen molar-refractivity contribution in [1.82, 2.24) is 5.32 Å². The lowest BCUT2D eigenvalue weighted by molar-refractivity contribution is -0.115. The van der Waals surface area contributed by atoms with Crippen LogP contribution in [0.25, 0.3) is 11.0 Å². The van der Waals surface area contributed by atoms with Gasteiger partial charge in [-0.1, -0.05) is 30.3 Å². The highest BCUT2D eigenvalue weighted by molar-refractivity contribution is 6.04. The highest BCUT2D eigenvalue weighted by Crippen LogP contribution is 2.27. The molecule has 5 heteroatoms. The van der Waals surface area contributed by atoms with Gasteiger partial charge < -0.3 is 15.1 Å². The summed E-state index contributed by atoms with van der Waals surface area (Å²) in [6.45, 7) is 7.97. The van der Waals surface area contributed by atoms with E-state index in [1.54, 1.807) is 36.6 Å². The van der Waals surface area contributed by atoms with Gasteiger partial charge in [0.2, 0.25) is 5.91 Å². The molecule has 0 spiro atoms. The van der Waals surface area contributed by atoms with Crippen LogP contribution in [-0.4, -0.2) is 18.4 Å². The van der Waals surface area contributed by atoms with Crippen LogP contribution in [-0.2, 0) is 11.2 Å². The van der Waals surface area contributed by atoms with Crippen LogP contribution in [0, 0.1) is 13.8 Å². The SMILES string of the molecule is C=CCNC(=O)c1ccccc1NC(=O)Cc1coc2c(C)c(C)ccc12. The molecule has 5 nitrogen and oxygen atoms in total. The van der Waals surface area contributed by atoms with E-state index in [1.165, 1.54) is 0 Å². The molecule has 2 N–H and O–H groups in total. The van der Waals surface area contributed by atoms with Gasteiger partial charge in [-0.15, -0.1) is 6.58 Å². The summed E-state index contributed by atoms with van der Waals surface area (Å²) in [6.07, 6.45) is 3.39. The standard InChI is InChI=1S/C22H22N2O3/c1-4-11-23-22(26)18-7-5-6-8-19(18)24-20(25)12-16-13-27-21-15(3)14(2)9-10-17(16)21/h4-10,13H,1,11-12H2,2-3H3,(H,23,26)(H,24,25). The van der Waals surface area contributed by atoms with E-state index < -0.39 is 0 Å². The molecule has 3 aromatic rings. The largest absolute Gasteiger partial charge is 0.464 e. The molecule has 0 saturated carbocycles. The van der Waals surface area contributed by atoms with Crippen LogP contribution in [0.4, 0.5) is 5.69 Å². The lowest BCUT2D eigenvalue weighted by Gasteiger charge is -2.10. The zero-order chi connectivity index (χ0) is 19.4. The summed E-state index contributed by atoms with van der Waals surface area (Å²) < 4.78 is 5.66. The second-order valence-corrected chi connectivity index (χ2v) is 6.41. The van der Waals surface area contributed by atoms with Crippen molar-refractivity contribution in [3.8, 4) is 0 Å². The normalized spacial score (nSPS) is 10.6. The molecule has 1 heterocycles. The molecule has 0 bridgehead atoms. The minimum Gasteiger partial charge on any atom is -0.464 e. The Labute approximate surface area is 158 Å². The zero-order valence-electron chi connectivity index (χ0n) is 15.5. The molecular weight excluding hydrogens is 340 g/mol. The number of aryl methyl sites for hydroxylation is 2. The molecule has 0 saturated heterocycles. The van der Waals surface area contributed by atoms with E-state index in [4.69, 9.17) is 4.42 Å². The molecule has 2 amide bonds. The van der Waals surface area contributed by atoms with E-state index in [0.29, 0.717) is 17.8 Å². The number of para-hydroxylation sites is 1. The van der Waals surface area contributed by atoms with Crippen LogP contribution in [0.5, 0.6) is 0 Å². The van der Waals surface area contributed by atoms with E-state index >= 15 is 0 Å². The van der Waals surface area contributed by atoms with E-state index in [9.17, 15) is 9.59 Å². The van der Waals surface area contributed by atoms with Crippen molar-refractivity contribution < 1.29 is 14.0 Å². The summed E-state index contributed by atoms with van der Waals surface area (Å²) in [6, 6.07) is 10.9. The van der Waals surface area contributed by atoms with Gasteiger partial charge in [0.05, 0.1) is 23.9 Å². The topological polar surface area (TPSA) is 71.3 Å². The summed E-state index contributed by atoms with van der Waals surface area (Å²) in [5.41, 5.74) is 4.73. The maximum absolute atomic E-state index is 12.6.